The third kappa shape index (κ3) is 1.99. The summed E-state index contributed by atoms with van der Waals surface area (Å²) in [4.78, 5) is 12.5. The lowest BCUT2D eigenvalue weighted by Gasteiger charge is -2.27. The van der Waals surface area contributed by atoms with Crippen LogP contribution in [0.15, 0.2) is 18.2 Å². The Morgan fingerprint density at radius 2 is 1.80 bits per heavy atom. The Kier molecular flexibility index (Phi) is 3.20. The van der Waals surface area contributed by atoms with Crippen molar-refractivity contribution in [2.24, 2.45) is 5.92 Å². The van der Waals surface area contributed by atoms with Gasteiger partial charge in [-0.2, -0.15) is 0 Å². The van der Waals surface area contributed by atoms with E-state index < -0.39 is 26.2 Å². The first-order valence-electron chi connectivity index (χ1n) is 6.93. The maximum atomic E-state index is 13.9. The first-order chi connectivity index (χ1) is 9.41. The molecule has 2 saturated heterocycles. The summed E-state index contributed by atoms with van der Waals surface area (Å²) < 4.78 is 37.9. The van der Waals surface area contributed by atoms with Crippen LogP contribution < -0.4 is 0 Å². The lowest BCUT2D eigenvalue weighted by Crippen LogP contribution is -2.36. The van der Waals surface area contributed by atoms with Crippen LogP contribution >= 0.6 is 0 Å². The second-order valence-corrected chi connectivity index (χ2v) is 8.39. The number of carbonyl (C=O) groups is 1. The van der Waals surface area contributed by atoms with Crippen LogP contribution in [0.25, 0.3) is 0 Å². The van der Waals surface area contributed by atoms with Crippen molar-refractivity contribution in [1.82, 2.24) is 0 Å². The van der Waals surface area contributed by atoms with E-state index in [1.807, 2.05) is 0 Å². The van der Waals surface area contributed by atoms with Gasteiger partial charge in [0.15, 0.2) is 15.6 Å². The van der Waals surface area contributed by atoms with Crippen molar-refractivity contribution in [3.05, 3.63) is 35.1 Å². The van der Waals surface area contributed by atoms with Crippen LogP contribution in [-0.2, 0) is 9.84 Å². The fourth-order valence-corrected chi connectivity index (χ4v) is 6.04. The van der Waals surface area contributed by atoms with E-state index in [-0.39, 0.29) is 17.3 Å². The number of fused-ring (bicyclic) bond motifs is 2. The summed E-state index contributed by atoms with van der Waals surface area (Å²) in [5.41, 5.74) is 0.756. The maximum absolute atomic E-state index is 13.9. The molecule has 0 saturated carbocycles. The molecule has 1 aromatic rings. The Balaban J connectivity index is 1.91. The van der Waals surface area contributed by atoms with Gasteiger partial charge in [-0.15, -0.1) is 0 Å². The van der Waals surface area contributed by atoms with Crippen LogP contribution in [0.2, 0.25) is 0 Å². The average molecular weight is 296 g/mol. The molecule has 3 rings (SSSR count). The van der Waals surface area contributed by atoms with E-state index in [0.717, 1.165) is 0 Å². The van der Waals surface area contributed by atoms with Crippen molar-refractivity contribution < 1.29 is 17.6 Å². The standard InChI is InChI=1S/C15H17FO3S/c1-9-3-2-4-13(16)14(9)15(17)10-7-11-5-6-12(8-10)20(11,18)19/h2-4,10-12H,5-8H2,1H3. The van der Waals surface area contributed by atoms with Gasteiger partial charge in [-0.25, -0.2) is 12.8 Å². The van der Waals surface area contributed by atoms with Gasteiger partial charge in [0.2, 0.25) is 0 Å². The highest BCUT2D eigenvalue weighted by Gasteiger charge is 2.48. The average Bonchev–Trinajstić information content (AvgIpc) is 2.57. The van der Waals surface area contributed by atoms with Crippen LogP contribution in [0.3, 0.4) is 0 Å². The Morgan fingerprint density at radius 3 is 2.35 bits per heavy atom. The summed E-state index contributed by atoms with van der Waals surface area (Å²) in [7, 11) is -3.04. The van der Waals surface area contributed by atoms with Crippen molar-refractivity contribution in [3.8, 4) is 0 Å². The summed E-state index contributed by atoms with van der Waals surface area (Å²) >= 11 is 0. The van der Waals surface area contributed by atoms with Gasteiger partial charge in [-0.05, 0) is 44.2 Å². The van der Waals surface area contributed by atoms with Gasteiger partial charge < -0.3 is 0 Å². The second-order valence-electron chi connectivity index (χ2n) is 5.87. The van der Waals surface area contributed by atoms with Gasteiger partial charge in [0, 0.05) is 5.92 Å². The summed E-state index contributed by atoms with van der Waals surface area (Å²) in [5.74, 6) is -1.09. The molecule has 2 atom stereocenters. The minimum atomic E-state index is -3.04. The zero-order valence-electron chi connectivity index (χ0n) is 11.3. The van der Waals surface area contributed by atoms with Crippen molar-refractivity contribution in [1.29, 1.82) is 0 Å². The fourth-order valence-electron chi connectivity index (χ4n) is 3.57. The quantitative estimate of drug-likeness (QED) is 0.788. The van der Waals surface area contributed by atoms with Crippen molar-refractivity contribution in [3.63, 3.8) is 0 Å². The Bertz CT molecular complexity index is 625. The molecule has 3 nitrogen and oxygen atoms in total. The van der Waals surface area contributed by atoms with Crippen molar-refractivity contribution in [2.45, 2.75) is 43.1 Å². The molecule has 0 aliphatic carbocycles. The van der Waals surface area contributed by atoms with E-state index in [1.54, 1.807) is 19.1 Å². The molecule has 2 bridgehead atoms. The van der Waals surface area contributed by atoms with Gasteiger partial charge in [-0.3, -0.25) is 4.79 Å². The van der Waals surface area contributed by atoms with Crippen LogP contribution in [0.4, 0.5) is 4.39 Å². The number of halogens is 1. The Morgan fingerprint density at radius 1 is 1.20 bits per heavy atom. The van der Waals surface area contributed by atoms with E-state index in [1.165, 1.54) is 6.07 Å². The third-order valence-electron chi connectivity index (χ3n) is 4.67. The van der Waals surface area contributed by atoms with Crippen LogP contribution in [0.5, 0.6) is 0 Å². The maximum Gasteiger partial charge on any atom is 0.169 e. The number of carbonyl (C=O) groups excluding carboxylic acids is 1. The highest BCUT2D eigenvalue weighted by atomic mass is 32.2. The van der Waals surface area contributed by atoms with Crippen molar-refractivity contribution >= 4 is 15.6 Å². The monoisotopic (exact) mass is 296 g/mol. The smallest absolute Gasteiger partial charge is 0.169 e. The highest BCUT2D eigenvalue weighted by Crippen LogP contribution is 2.42. The van der Waals surface area contributed by atoms with E-state index in [9.17, 15) is 17.6 Å². The van der Waals surface area contributed by atoms with E-state index in [2.05, 4.69) is 0 Å². The molecule has 2 aliphatic rings. The second kappa shape index (κ2) is 4.65. The number of sulfone groups is 1. The molecule has 2 unspecified atom stereocenters. The number of Topliss-reactive ketones (excluding diaryl/α,β-unsaturated/α-hetero) is 1. The number of benzene rings is 1. The molecular weight excluding hydrogens is 279 g/mol. The van der Waals surface area contributed by atoms with Gasteiger partial charge in [0.1, 0.15) is 5.82 Å². The minimum Gasteiger partial charge on any atom is -0.294 e. The summed E-state index contributed by atoms with van der Waals surface area (Å²) in [6.07, 6.45) is 2.00. The van der Waals surface area contributed by atoms with Crippen LogP contribution in [0, 0.1) is 18.7 Å². The molecule has 5 heteroatoms. The molecule has 108 valence electrons. The third-order valence-corrected chi connectivity index (χ3v) is 7.39. The molecule has 2 aliphatic heterocycles. The number of hydrogen-bond donors (Lipinski definition) is 0. The summed E-state index contributed by atoms with van der Waals surface area (Å²) in [6.45, 7) is 1.71. The molecular formula is C15H17FO3S. The van der Waals surface area contributed by atoms with Gasteiger partial charge >= 0.3 is 0 Å². The van der Waals surface area contributed by atoms with Crippen LogP contribution in [0.1, 0.15) is 41.6 Å². The lowest BCUT2D eigenvalue weighted by molar-refractivity contribution is 0.0900. The Hall–Kier alpha value is -1.23. The molecule has 2 fully saturated rings. The van der Waals surface area contributed by atoms with Gasteiger partial charge in [-0.1, -0.05) is 12.1 Å². The minimum absolute atomic E-state index is 0.135. The predicted molar refractivity (Wildman–Crippen MR) is 73.9 cm³/mol. The molecule has 0 spiro atoms. The largest absolute Gasteiger partial charge is 0.294 e. The molecule has 20 heavy (non-hydrogen) atoms. The molecule has 0 radical (unpaired) electrons. The number of hydrogen-bond acceptors (Lipinski definition) is 3. The molecule has 0 N–H and O–H groups in total. The SMILES string of the molecule is Cc1cccc(F)c1C(=O)C1CC2CCC(C1)S2(=O)=O. The topological polar surface area (TPSA) is 51.2 Å². The summed E-state index contributed by atoms with van der Waals surface area (Å²) in [6, 6.07) is 4.58. The van der Waals surface area contributed by atoms with Gasteiger partial charge in [0.25, 0.3) is 0 Å². The van der Waals surface area contributed by atoms with Crippen molar-refractivity contribution in [2.75, 3.05) is 0 Å². The lowest BCUT2D eigenvalue weighted by atomic mass is 9.88. The molecule has 1 aromatic carbocycles. The normalized spacial score (nSPS) is 31.2. The first-order valence-corrected chi connectivity index (χ1v) is 8.54. The zero-order chi connectivity index (χ0) is 14.5. The molecule has 2 heterocycles. The molecule has 0 amide bonds. The number of rotatable bonds is 2. The Labute approximate surface area is 118 Å². The summed E-state index contributed by atoms with van der Waals surface area (Å²) in [5, 5.41) is -0.801. The molecule has 0 aromatic heterocycles. The van der Waals surface area contributed by atoms with Crippen LogP contribution in [-0.4, -0.2) is 24.7 Å². The van der Waals surface area contributed by atoms with E-state index in [0.29, 0.717) is 31.2 Å². The van der Waals surface area contributed by atoms with E-state index >= 15 is 0 Å². The number of aryl methyl sites for hydroxylation is 1. The highest BCUT2D eigenvalue weighted by molar-refractivity contribution is 7.93. The zero-order valence-corrected chi connectivity index (χ0v) is 12.1. The fraction of sp³-hybridized carbons (Fsp3) is 0.533. The number of ketones is 1. The van der Waals surface area contributed by atoms with E-state index in [4.69, 9.17) is 0 Å². The predicted octanol–water partition coefficient (Wildman–Crippen LogP) is 2.67. The first kappa shape index (κ1) is 13.7. The van der Waals surface area contributed by atoms with Gasteiger partial charge in [0.05, 0.1) is 16.1 Å².